The molecule has 2 rings (SSSR count). The second kappa shape index (κ2) is 3.35. The lowest BCUT2D eigenvalue weighted by Crippen LogP contribution is -1.96. The minimum atomic E-state index is 1.11. The van der Waals surface area contributed by atoms with Gasteiger partial charge in [0.2, 0.25) is 0 Å². The highest BCUT2D eigenvalue weighted by Crippen LogP contribution is 2.15. The lowest BCUT2D eigenvalue weighted by molar-refractivity contribution is 0.556. The van der Waals surface area contributed by atoms with Crippen molar-refractivity contribution < 1.29 is 0 Å². The van der Waals surface area contributed by atoms with Crippen LogP contribution in [0.2, 0.25) is 0 Å². The van der Waals surface area contributed by atoms with E-state index in [0.717, 1.165) is 12.1 Å². The maximum absolute atomic E-state index is 3.92. The zero-order valence-electron chi connectivity index (χ0n) is 8.09. The number of benzene rings is 1. The topological polar surface area (TPSA) is 3.01 Å². The van der Waals surface area contributed by atoms with Crippen molar-refractivity contribution >= 4 is 5.57 Å². The van der Waals surface area contributed by atoms with Crippen LogP contribution in [0.5, 0.6) is 0 Å². The summed E-state index contributed by atoms with van der Waals surface area (Å²) in [5.74, 6) is 0. The summed E-state index contributed by atoms with van der Waals surface area (Å²) in [6.45, 7) is 9.60. The second-order valence-corrected chi connectivity index (χ2v) is 3.75. The highest BCUT2D eigenvalue weighted by atomic mass is 15.2. The van der Waals surface area contributed by atoms with Crippen molar-refractivity contribution in [1.29, 1.82) is 0 Å². The second-order valence-electron chi connectivity index (χ2n) is 3.75. The molecule has 0 N–H and O–H groups in total. The molecule has 1 fully saturated rings. The van der Waals surface area contributed by atoms with Crippen molar-refractivity contribution in [3.8, 4) is 0 Å². The monoisotopic (exact) mass is 173 g/mol. The SMILES string of the molecule is C=C(C)c1ccc(CN2CC2)cc1. The molecule has 1 aromatic rings. The third-order valence-corrected chi connectivity index (χ3v) is 2.39. The fourth-order valence-corrected chi connectivity index (χ4v) is 1.38. The fraction of sp³-hybridized carbons (Fsp3) is 0.333. The summed E-state index contributed by atoms with van der Waals surface area (Å²) in [5, 5.41) is 0. The van der Waals surface area contributed by atoms with E-state index in [1.54, 1.807) is 0 Å². The summed E-state index contributed by atoms with van der Waals surface area (Å²) in [6, 6.07) is 8.70. The Kier molecular flexibility index (Phi) is 2.19. The lowest BCUT2D eigenvalue weighted by Gasteiger charge is -2.03. The highest BCUT2D eigenvalue weighted by Gasteiger charge is 2.16. The summed E-state index contributed by atoms with van der Waals surface area (Å²) in [7, 11) is 0. The molecule has 0 bridgehead atoms. The van der Waals surface area contributed by atoms with E-state index in [1.165, 1.54) is 24.2 Å². The van der Waals surface area contributed by atoms with Crippen LogP contribution in [-0.4, -0.2) is 18.0 Å². The minimum absolute atomic E-state index is 1.11. The zero-order chi connectivity index (χ0) is 9.26. The number of hydrogen-bond donors (Lipinski definition) is 0. The molecule has 0 atom stereocenters. The number of rotatable bonds is 3. The minimum Gasteiger partial charge on any atom is -0.297 e. The Morgan fingerprint density at radius 3 is 2.38 bits per heavy atom. The molecule has 1 heteroatoms. The molecule has 0 spiro atoms. The average Bonchev–Trinajstić information content (AvgIpc) is 2.89. The van der Waals surface area contributed by atoms with Crippen LogP contribution in [0.3, 0.4) is 0 Å². The molecule has 0 saturated carbocycles. The summed E-state index contributed by atoms with van der Waals surface area (Å²) < 4.78 is 0. The van der Waals surface area contributed by atoms with Crippen LogP contribution in [0.15, 0.2) is 30.8 Å². The van der Waals surface area contributed by atoms with Gasteiger partial charge in [-0.3, -0.25) is 4.90 Å². The third-order valence-electron chi connectivity index (χ3n) is 2.39. The van der Waals surface area contributed by atoms with Gasteiger partial charge in [-0.05, 0) is 18.1 Å². The third kappa shape index (κ3) is 2.19. The zero-order valence-corrected chi connectivity index (χ0v) is 8.09. The molecule has 0 amide bonds. The Hall–Kier alpha value is -1.08. The Balaban J connectivity index is 2.08. The van der Waals surface area contributed by atoms with Gasteiger partial charge in [0.1, 0.15) is 0 Å². The predicted octanol–water partition coefficient (Wildman–Crippen LogP) is 2.54. The predicted molar refractivity (Wildman–Crippen MR) is 56.4 cm³/mol. The molecule has 68 valence electrons. The molecule has 1 nitrogen and oxygen atoms in total. The molecule has 1 aliphatic rings. The number of hydrogen-bond acceptors (Lipinski definition) is 1. The molecule has 0 aliphatic carbocycles. The Labute approximate surface area is 79.7 Å². The van der Waals surface area contributed by atoms with E-state index in [4.69, 9.17) is 0 Å². The molecule has 0 radical (unpaired) electrons. The molecule has 0 unspecified atom stereocenters. The first-order valence-corrected chi connectivity index (χ1v) is 4.73. The van der Waals surface area contributed by atoms with E-state index in [0.29, 0.717) is 0 Å². The molecule has 0 aromatic heterocycles. The van der Waals surface area contributed by atoms with Crippen molar-refractivity contribution in [3.05, 3.63) is 42.0 Å². The van der Waals surface area contributed by atoms with E-state index >= 15 is 0 Å². The van der Waals surface area contributed by atoms with Crippen LogP contribution in [0, 0.1) is 0 Å². The van der Waals surface area contributed by atoms with Crippen molar-refractivity contribution in [3.63, 3.8) is 0 Å². The Morgan fingerprint density at radius 1 is 1.31 bits per heavy atom. The first-order valence-electron chi connectivity index (χ1n) is 4.73. The molecular weight excluding hydrogens is 158 g/mol. The highest BCUT2D eigenvalue weighted by molar-refractivity contribution is 5.61. The van der Waals surface area contributed by atoms with Gasteiger partial charge in [0, 0.05) is 19.6 Å². The van der Waals surface area contributed by atoms with Crippen LogP contribution >= 0.6 is 0 Å². The molecule has 1 aromatic carbocycles. The van der Waals surface area contributed by atoms with Crippen molar-refractivity contribution in [1.82, 2.24) is 4.90 Å². The maximum Gasteiger partial charge on any atom is 0.0234 e. The van der Waals surface area contributed by atoms with E-state index < -0.39 is 0 Å². The first kappa shape index (κ1) is 8.52. The lowest BCUT2D eigenvalue weighted by atomic mass is 10.1. The van der Waals surface area contributed by atoms with E-state index in [2.05, 4.69) is 35.7 Å². The van der Waals surface area contributed by atoms with Gasteiger partial charge in [0.15, 0.2) is 0 Å². The smallest absolute Gasteiger partial charge is 0.0234 e. The van der Waals surface area contributed by atoms with Crippen LogP contribution in [0.25, 0.3) is 5.57 Å². The van der Waals surface area contributed by atoms with Crippen molar-refractivity contribution in [2.75, 3.05) is 13.1 Å². The van der Waals surface area contributed by atoms with Crippen molar-refractivity contribution in [2.24, 2.45) is 0 Å². The maximum atomic E-state index is 3.92. The summed E-state index contributed by atoms with van der Waals surface area (Å²) in [6.07, 6.45) is 0. The molecule has 1 aliphatic heterocycles. The Bertz CT molecular complexity index is 306. The molecule has 1 saturated heterocycles. The normalized spacial score (nSPS) is 15.8. The summed E-state index contributed by atoms with van der Waals surface area (Å²) >= 11 is 0. The number of allylic oxidation sites excluding steroid dienone is 1. The standard InChI is InChI=1S/C12H15N/c1-10(2)12-5-3-11(4-6-12)9-13-7-8-13/h3-6H,1,7-9H2,2H3. The summed E-state index contributed by atoms with van der Waals surface area (Å²) in [4.78, 5) is 2.41. The van der Waals surface area contributed by atoms with Crippen LogP contribution in [0.4, 0.5) is 0 Å². The van der Waals surface area contributed by atoms with Crippen LogP contribution in [-0.2, 0) is 6.54 Å². The van der Waals surface area contributed by atoms with Gasteiger partial charge >= 0.3 is 0 Å². The van der Waals surface area contributed by atoms with Gasteiger partial charge in [-0.2, -0.15) is 0 Å². The largest absolute Gasteiger partial charge is 0.297 e. The van der Waals surface area contributed by atoms with E-state index in [9.17, 15) is 0 Å². The molecular formula is C12H15N. The van der Waals surface area contributed by atoms with Gasteiger partial charge in [0.05, 0.1) is 0 Å². The van der Waals surface area contributed by atoms with Crippen LogP contribution < -0.4 is 0 Å². The van der Waals surface area contributed by atoms with E-state index in [1.807, 2.05) is 6.92 Å². The van der Waals surface area contributed by atoms with E-state index in [-0.39, 0.29) is 0 Å². The van der Waals surface area contributed by atoms with Crippen LogP contribution in [0.1, 0.15) is 18.1 Å². The molecule has 13 heavy (non-hydrogen) atoms. The van der Waals surface area contributed by atoms with Gasteiger partial charge in [-0.15, -0.1) is 0 Å². The number of nitrogens with zero attached hydrogens (tertiary/aromatic N) is 1. The Morgan fingerprint density at radius 2 is 1.92 bits per heavy atom. The van der Waals surface area contributed by atoms with Crippen molar-refractivity contribution in [2.45, 2.75) is 13.5 Å². The van der Waals surface area contributed by atoms with Gasteiger partial charge < -0.3 is 0 Å². The fourth-order valence-electron chi connectivity index (χ4n) is 1.38. The summed E-state index contributed by atoms with van der Waals surface area (Å²) in [5.41, 5.74) is 3.79. The average molecular weight is 173 g/mol. The van der Waals surface area contributed by atoms with Gasteiger partial charge in [-0.1, -0.05) is 36.4 Å². The quantitative estimate of drug-likeness (QED) is 0.635. The first-order chi connectivity index (χ1) is 6.25. The van der Waals surface area contributed by atoms with Gasteiger partial charge in [0.25, 0.3) is 0 Å². The molecule has 1 heterocycles. The van der Waals surface area contributed by atoms with Gasteiger partial charge in [-0.25, -0.2) is 0 Å².